The van der Waals surface area contributed by atoms with Crippen molar-refractivity contribution in [2.45, 2.75) is 18.0 Å². The van der Waals surface area contributed by atoms with Crippen molar-refractivity contribution in [3.05, 3.63) is 0 Å². The molecular weight excluding hydrogens is 197 g/mol. The van der Waals surface area contributed by atoms with Crippen molar-refractivity contribution in [2.24, 2.45) is 0 Å². The molecule has 0 radical (unpaired) electrons. The SMILES string of the molecule is O=PC(F)(F)C(F)(F)C(F)F. The van der Waals surface area contributed by atoms with E-state index in [9.17, 15) is 30.9 Å². The van der Waals surface area contributed by atoms with Gasteiger partial charge in [0.1, 0.15) is 0 Å². The second-order valence-electron chi connectivity index (χ2n) is 1.56. The number of hydrogen-bond acceptors (Lipinski definition) is 1. The van der Waals surface area contributed by atoms with Crippen LogP contribution in [0.15, 0.2) is 0 Å². The smallest absolute Gasteiger partial charge is 0.268 e. The minimum absolute atomic E-state index is 2.32. The number of alkyl halides is 6. The zero-order valence-corrected chi connectivity index (χ0v) is 5.60. The van der Waals surface area contributed by atoms with Crippen LogP contribution in [0.3, 0.4) is 0 Å². The van der Waals surface area contributed by atoms with Crippen LogP contribution in [0, 0.1) is 0 Å². The topological polar surface area (TPSA) is 17.1 Å². The third-order valence-corrected chi connectivity index (χ3v) is 1.32. The maximum Gasteiger partial charge on any atom is 0.392 e. The summed E-state index contributed by atoms with van der Waals surface area (Å²) < 4.78 is 78.0. The predicted octanol–water partition coefficient (Wildman–Crippen LogP) is 2.77. The maximum absolute atomic E-state index is 11.6. The first-order chi connectivity index (χ1) is 4.75. The summed E-state index contributed by atoms with van der Waals surface area (Å²) in [7, 11) is -2.32. The van der Waals surface area contributed by atoms with Gasteiger partial charge in [0.15, 0.2) is 0 Å². The summed E-state index contributed by atoms with van der Waals surface area (Å²) >= 11 is 0. The summed E-state index contributed by atoms with van der Waals surface area (Å²) in [6, 6.07) is 0. The second kappa shape index (κ2) is 2.97. The van der Waals surface area contributed by atoms with Crippen molar-refractivity contribution in [1.29, 1.82) is 0 Å². The highest BCUT2D eigenvalue weighted by Crippen LogP contribution is 2.45. The molecule has 11 heavy (non-hydrogen) atoms. The van der Waals surface area contributed by atoms with Gasteiger partial charge in [0, 0.05) is 0 Å². The number of halogens is 6. The van der Waals surface area contributed by atoms with Gasteiger partial charge in [-0.25, -0.2) is 8.78 Å². The van der Waals surface area contributed by atoms with Crippen LogP contribution in [0.4, 0.5) is 26.3 Å². The van der Waals surface area contributed by atoms with Crippen molar-refractivity contribution in [2.75, 3.05) is 0 Å². The molecule has 0 saturated carbocycles. The fourth-order valence-electron chi connectivity index (χ4n) is 0.192. The van der Waals surface area contributed by atoms with Gasteiger partial charge in [-0.2, -0.15) is 17.6 Å². The molecule has 1 nitrogen and oxygen atoms in total. The Bertz CT molecular complexity index is 156. The fourth-order valence-corrected chi connectivity index (χ4v) is 0.411. The van der Waals surface area contributed by atoms with E-state index in [1.165, 1.54) is 0 Å². The molecule has 0 unspecified atom stereocenters. The standard InChI is InChI=1S/C3HF6OP/c4-1(5)2(6,7)3(8,9)11-10/h1H. The Hall–Kier alpha value is -0.320. The summed E-state index contributed by atoms with van der Waals surface area (Å²) in [5.74, 6) is -5.55. The van der Waals surface area contributed by atoms with Gasteiger partial charge in [0.05, 0.1) is 0 Å². The van der Waals surface area contributed by atoms with Crippen LogP contribution in [-0.2, 0) is 4.57 Å². The highest BCUT2D eigenvalue weighted by molar-refractivity contribution is 7.25. The molecule has 0 aromatic rings. The lowest BCUT2D eigenvalue weighted by molar-refractivity contribution is -0.223. The number of rotatable bonds is 3. The molecule has 0 amide bonds. The zero-order chi connectivity index (χ0) is 9.28. The van der Waals surface area contributed by atoms with E-state index < -0.39 is 26.5 Å². The molecule has 8 heteroatoms. The lowest BCUT2D eigenvalue weighted by atomic mass is 10.4. The van der Waals surface area contributed by atoms with Crippen LogP contribution in [0.5, 0.6) is 0 Å². The normalized spacial score (nSPS) is 14.5. The summed E-state index contributed by atoms with van der Waals surface area (Å²) in [4.78, 5) is 0. The highest BCUT2D eigenvalue weighted by atomic mass is 31.1. The first-order valence-corrected chi connectivity index (χ1v) is 2.95. The Morgan fingerprint density at radius 2 is 1.45 bits per heavy atom. The molecule has 0 heterocycles. The summed E-state index contributed by atoms with van der Waals surface area (Å²) in [6.07, 6.45) is -4.53. The van der Waals surface area contributed by atoms with Gasteiger partial charge in [-0.1, -0.05) is 0 Å². The molecule has 0 saturated heterocycles. The Balaban J connectivity index is 4.66. The quantitative estimate of drug-likeness (QED) is 0.503. The van der Waals surface area contributed by atoms with E-state index in [1.54, 1.807) is 0 Å². The van der Waals surface area contributed by atoms with E-state index in [0.717, 1.165) is 0 Å². The molecule has 0 rings (SSSR count). The van der Waals surface area contributed by atoms with Crippen molar-refractivity contribution in [1.82, 2.24) is 0 Å². The molecule has 66 valence electrons. The minimum atomic E-state index is -5.55. The predicted molar refractivity (Wildman–Crippen MR) is 23.5 cm³/mol. The third kappa shape index (κ3) is 1.83. The first kappa shape index (κ1) is 10.7. The lowest BCUT2D eigenvalue weighted by Gasteiger charge is -2.19. The molecule has 0 bridgehead atoms. The van der Waals surface area contributed by atoms with Gasteiger partial charge in [0.25, 0.3) is 0 Å². The van der Waals surface area contributed by atoms with E-state index in [4.69, 9.17) is 0 Å². The van der Waals surface area contributed by atoms with E-state index in [1.807, 2.05) is 0 Å². The van der Waals surface area contributed by atoms with E-state index in [-0.39, 0.29) is 0 Å². The fraction of sp³-hybridized carbons (Fsp3) is 1.00. The average Bonchev–Trinajstić information content (AvgIpc) is 1.87. The van der Waals surface area contributed by atoms with E-state index >= 15 is 0 Å². The summed E-state index contributed by atoms with van der Waals surface area (Å²) in [5, 5.41) is 0. The number of hydrogen-bond donors (Lipinski definition) is 0. The molecule has 0 aliphatic rings. The van der Waals surface area contributed by atoms with Crippen LogP contribution in [-0.4, -0.2) is 18.0 Å². The van der Waals surface area contributed by atoms with Crippen molar-refractivity contribution < 1.29 is 30.9 Å². The van der Waals surface area contributed by atoms with Crippen LogP contribution in [0.2, 0.25) is 0 Å². The first-order valence-electron chi connectivity index (χ1n) is 2.14. The van der Waals surface area contributed by atoms with Crippen molar-refractivity contribution in [3.63, 3.8) is 0 Å². The van der Waals surface area contributed by atoms with Gasteiger partial charge in [-0.3, -0.25) is 4.57 Å². The molecule has 0 N–H and O–H groups in total. The monoisotopic (exact) mass is 198 g/mol. The molecular formula is C3HF6OP. The molecule has 0 fully saturated rings. The molecule has 0 aromatic carbocycles. The maximum atomic E-state index is 11.6. The van der Waals surface area contributed by atoms with Crippen molar-refractivity contribution in [3.8, 4) is 0 Å². The summed E-state index contributed by atoms with van der Waals surface area (Å²) in [5.41, 5.74) is -5.21. The highest BCUT2D eigenvalue weighted by Gasteiger charge is 2.64. The van der Waals surface area contributed by atoms with Crippen LogP contribution in [0.1, 0.15) is 0 Å². The van der Waals surface area contributed by atoms with Gasteiger partial charge >= 0.3 is 18.0 Å². The Kier molecular flexibility index (Phi) is 2.88. The van der Waals surface area contributed by atoms with Crippen LogP contribution >= 0.6 is 8.46 Å². The minimum Gasteiger partial charge on any atom is -0.268 e. The Labute approximate surface area is 58.6 Å². The van der Waals surface area contributed by atoms with E-state index in [0.29, 0.717) is 0 Å². The van der Waals surface area contributed by atoms with Crippen LogP contribution in [0.25, 0.3) is 0 Å². The van der Waals surface area contributed by atoms with Gasteiger partial charge in [0.2, 0.25) is 8.46 Å². The largest absolute Gasteiger partial charge is 0.392 e. The Morgan fingerprint density at radius 3 is 1.55 bits per heavy atom. The summed E-state index contributed by atoms with van der Waals surface area (Å²) in [6.45, 7) is 0. The third-order valence-electron chi connectivity index (χ3n) is 0.790. The second-order valence-corrected chi connectivity index (χ2v) is 2.30. The lowest BCUT2D eigenvalue weighted by Crippen LogP contribution is -2.42. The Morgan fingerprint density at radius 1 is 1.09 bits per heavy atom. The molecule has 0 aromatic heterocycles. The zero-order valence-electron chi connectivity index (χ0n) is 4.70. The molecule has 0 aliphatic carbocycles. The van der Waals surface area contributed by atoms with Gasteiger partial charge in [-0.05, 0) is 0 Å². The van der Waals surface area contributed by atoms with Crippen LogP contribution < -0.4 is 0 Å². The average molecular weight is 198 g/mol. The molecule has 0 aliphatic heterocycles. The van der Waals surface area contributed by atoms with Gasteiger partial charge < -0.3 is 0 Å². The molecule has 0 atom stereocenters. The molecule has 0 spiro atoms. The van der Waals surface area contributed by atoms with E-state index in [2.05, 4.69) is 0 Å². The van der Waals surface area contributed by atoms with Crippen molar-refractivity contribution >= 4 is 8.46 Å². The van der Waals surface area contributed by atoms with Gasteiger partial charge in [-0.15, -0.1) is 0 Å².